The van der Waals surface area contributed by atoms with Crippen molar-refractivity contribution in [1.29, 1.82) is 0 Å². The molecule has 0 spiro atoms. The monoisotopic (exact) mass is 275 g/mol. The van der Waals surface area contributed by atoms with E-state index in [4.69, 9.17) is 14.6 Å². The number of benzene rings is 1. The summed E-state index contributed by atoms with van der Waals surface area (Å²) in [5.74, 6) is 0.436. The van der Waals surface area contributed by atoms with Gasteiger partial charge in [-0.3, -0.25) is 0 Å². The molecule has 96 valence electrons. The maximum atomic E-state index is 10.7. The van der Waals surface area contributed by atoms with E-state index < -0.39 is 5.97 Å². The number of carboxylic acids is 1. The fourth-order valence-electron chi connectivity index (χ4n) is 1.65. The fourth-order valence-corrected chi connectivity index (χ4v) is 2.33. The summed E-state index contributed by atoms with van der Waals surface area (Å²) in [7, 11) is 0. The number of carbonyl (C=O) groups is 1. The number of aromatic nitrogens is 1. The largest absolute Gasteiger partial charge is 0.476 e. The Kier molecular flexibility index (Phi) is 2.92. The van der Waals surface area contributed by atoms with Crippen molar-refractivity contribution >= 4 is 29.5 Å². The predicted molar refractivity (Wildman–Crippen MR) is 70.6 cm³/mol. The molecule has 3 rings (SSSR count). The molecule has 0 unspecified atom stereocenters. The van der Waals surface area contributed by atoms with Crippen LogP contribution in [-0.4, -0.2) is 22.9 Å². The second kappa shape index (κ2) is 4.74. The van der Waals surface area contributed by atoms with Crippen LogP contribution >= 0.6 is 11.3 Å². The highest BCUT2D eigenvalue weighted by Gasteiger charge is 2.12. The molecule has 1 aliphatic heterocycles. The molecule has 0 radical (unpaired) electrons. The molecule has 1 N–H and O–H groups in total. The van der Waals surface area contributed by atoms with E-state index in [-0.39, 0.29) is 12.5 Å². The van der Waals surface area contributed by atoms with Crippen LogP contribution < -0.4 is 9.47 Å². The van der Waals surface area contributed by atoms with E-state index in [1.165, 1.54) is 16.7 Å². The van der Waals surface area contributed by atoms with Crippen LogP contribution in [0.3, 0.4) is 0 Å². The highest BCUT2D eigenvalue weighted by Crippen LogP contribution is 2.33. The van der Waals surface area contributed by atoms with Gasteiger partial charge in [-0.1, -0.05) is 12.1 Å². The van der Waals surface area contributed by atoms with Gasteiger partial charge in [0.15, 0.2) is 17.2 Å². The molecular weight excluding hydrogens is 266 g/mol. The summed E-state index contributed by atoms with van der Waals surface area (Å²) in [5.41, 5.74) is 1.01. The molecule has 0 amide bonds. The lowest BCUT2D eigenvalue weighted by Gasteiger charge is -1.96. The van der Waals surface area contributed by atoms with Crippen molar-refractivity contribution < 1.29 is 19.4 Å². The lowest BCUT2D eigenvalue weighted by atomic mass is 10.2. The van der Waals surface area contributed by atoms with E-state index in [0.29, 0.717) is 10.8 Å². The average molecular weight is 275 g/mol. The van der Waals surface area contributed by atoms with Crippen LogP contribution in [-0.2, 0) is 0 Å². The van der Waals surface area contributed by atoms with E-state index in [1.54, 1.807) is 6.08 Å². The van der Waals surface area contributed by atoms with Gasteiger partial charge in [-0.15, -0.1) is 11.3 Å². The molecule has 19 heavy (non-hydrogen) atoms. The summed E-state index contributed by atoms with van der Waals surface area (Å²) in [5, 5.41) is 10.9. The van der Waals surface area contributed by atoms with E-state index in [9.17, 15) is 4.79 Å². The van der Waals surface area contributed by atoms with Gasteiger partial charge in [0.05, 0.1) is 0 Å². The molecule has 0 fully saturated rings. The Morgan fingerprint density at radius 2 is 2.16 bits per heavy atom. The molecule has 1 aliphatic rings. The summed E-state index contributed by atoms with van der Waals surface area (Å²) in [6.45, 7) is 0.247. The van der Waals surface area contributed by atoms with Crippen molar-refractivity contribution in [3.8, 4) is 11.5 Å². The maximum absolute atomic E-state index is 10.7. The first-order valence-corrected chi connectivity index (χ1v) is 6.37. The average Bonchev–Trinajstić information content (AvgIpc) is 3.04. The van der Waals surface area contributed by atoms with Gasteiger partial charge in [-0.25, -0.2) is 9.78 Å². The minimum absolute atomic E-state index is 0.0651. The molecule has 6 heteroatoms. The van der Waals surface area contributed by atoms with E-state index in [1.807, 2.05) is 24.3 Å². The first-order valence-electron chi connectivity index (χ1n) is 5.49. The second-order valence-corrected chi connectivity index (χ2v) is 4.71. The van der Waals surface area contributed by atoms with Crippen molar-refractivity contribution in [3.05, 3.63) is 39.8 Å². The summed E-state index contributed by atoms with van der Waals surface area (Å²) < 4.78 is 10.5. The number of thiazole rings is 1. The van der Waals surface area contributed by atoms with Crippen LogP contribution in [0.25, 0.3) is 12.2 Å². The minimum Gasteiger partial charge on any atom is -0.476 e. The molecule has 0 atom stereocenters. The van der Waals surface area contributed by atoms with Crippen LogP contribution in [0.1, 0.15) is 21.1 Å². The van der Waals surface area contributed by atoms with Crippen molar-refractivity contribution in [2.24, 2.45) is 0 Å². The van der Waals surface area contributed by atoms with E-state index in [0.717, 1.165) is 11.3 Å². The Balaban J connectivity index is 1.80. The van der Waals surface area contributed by atoms with Crippen molar-refractivity contribution in [2.75, 3.05) is 6.79 Å². The van der Waals surface area contributed by atoms with Gasteiger partial charge >= 0.3 is 5.97 Å². The van der Waals surface area contributed by atoms with E-state index in [2.05, 4.69) is 4.98 Å². The van der Waals surface area contributed by atoms with Gasteiger partial charge in [0, 0.05) is 5.38 Å². The smallest absolute Gasteiger partial charge is 0.355 e. The Morgan fingerprint density at radius 1 is 1.32 bits per heavy atom. The van der Waals surface area contributed by atoms with Crippen LogP contribution in [0, 0.1) is 0 Å². The zero-order valence-corrected chi connectivity index (χ0v) is 10.5. The summed E-state index contributed by atoms with van der Waals surface area (Å²) in [4.78, 5) is 14.7. The van der Waals surface area contributed by atoms with Gasteiger partial charge in [0.2, 0.25) is 6.79 Å². The number of ether oxygens (including phenoxy) is 2. The molecule has 1 aromatic heterocycles. The lowest BCUT2D eigenvalue weighted by molar-refractivity contribution is 0.0691. The number of hydrogen-bond acceptors (Lipinski definition) is 5. The van der Waals surface area contributed by atoms with Crippen LogP contribution in [0.5, 0.6) is 11.5 Å². The Morgan fingerprint density at radius 3 is 2.95 bits per heavy atom. The predicted octanol–water partition coefficient (Wildman–Crippen LogP) is 2.74. The molecular formula is C13H9NO4S. The van der Waals surface area contributed by atoms with Gasteiger partial charge in [-0.05, 0) is 23.8 Å². The van der Waals surface area contributed by atoms with Gasteiger partial charge in [-0.2, -0.15) is 0 Å². The third kappa shape index (κ3) is 2.43. The number of carboxylic acid groups (broad SMARTS) is 1. The third-order valence-corrected chi connectivity index (χ3v) is 3.37. The summed E-state index contributed by atoms with van der Waals surface area (Å²) in [6.07, 6.45) is 3.63. The topological polar surface area (TPSA) is 68.7 Å². The Hall–Kier alpha value is -2.34. The van der Waals surface area contributed by atoms with Gasteiger partial charge in [0.25, 0.3) is 0 Å². The van der Waals surface area contributed by atoms with Crippen LogP contribution in [0.4, 0.5) is 0 Å². The first-order chi connectivity index (χ1) is 9.22. The third-order valence-electron chi connectivity index (χ3n) is 2.56. The molecule has 1 aromatic carbocycles. The summed E-state index contributed by atoms with van der Waals surface area (Å²) in [6, 6.07) is 5.60. The fraction of sp³-hybridized carbons (Fsp3) is 0.0769. The van der Waals surface area contributed by atoms with Gasteiger partial charge in [0.1, 0.15) is 5.01 Å². The SMILES string of the molecule is O=C(O)c1csc(/C=C/c2ccc3c(c2)OCO3)n1. The summed E-state index contributed by atoms with van der Waals surface area (Å²) >= 11 is 1.29. The standard InChI is InChI=1S/C13H9NO4S/c15-13(16)9-6-19-12(14-9)4-2-8-1-3-10-11(5-8)18-7-17-10/h1-6H,7H2,(H,15,16)/b4-2+. The maximum Gasteiger partial charge on any atom is 0.355 e. The van der Waals surface area contributed by atoms with Crippen LogP contribution in [0.15, 0.2) is 23.6 Å². The number of fused-ring (bicyclic) bond motifs is 1. The molecule has 2 heterocycles. The molecule has 2 aromatic rings. The number of aromatic carboxylic acids is 1. The molecule has 0 bridgehead atoms. The van der Waals surface area contributed by atoms with Crippen molar-refractivity contribution in [2.45, 2.75) is 0 Å². The van der Waals surface area contributed by atoms with E-state index >= 15 is 0 Å². The first kappa shape index (κ1) is 11.7. The second-order valence-electron chi connectivity index (χ2n) is 3.82. The van der Waals surface area contributed by atoms with Gasteiger partial charge < -0.3 is 14.6 Å². The zero-order chi connectivity index (χ0) is 13.2. The molecule has 0 aliphatic carbocycles. The highest BCUT2D eigenvalue weighted by atomic mass is 32.1. The lowest BCUT2D eigenvalue weighted by Crippen LogP contribution is -1.95. The molecule has 5 nitrogen and oxygen atoms in total. The Labute approximate surface area is 112 Å². The normalized spacial score (nSPS) is 13.1. The van der Waals surface area contributed by atoms with Crippen molar-refractivity contribution in [3.63, 3.8) is 0 Å². The van der Waals surface area contributed by atoms with Crippen LogP contribution in [0.2, 0.25) is 0 Å². The zero-order valence-electron chi connectivity index (χ0n) is 9.70. The Bertz CT molecular complexity index is 662. The number of nitrogens with zero attached hydrogens (tertiary/aromatic N) is 1. The quantitative estimate of drug-likeness (QED) is 0.932. The van der Waals surface area contributed by atoms with Crippen molar-refractivity contribution in [1.82, 2.24) is 4.98 Å². The highest BCUT2D eigenvalue weighted by molar-refractivity contribution is 7.10. The minimum atomic E-state index is -1.01. The number of rotatable bonds is 3. The molecule has 0 saturated heterocycles. The molecule has 0 saturated carbocycles. The number of hydrogen-bond donors (Lipinski definition) is 1.